The fraction of sp³-hybridized carbons (Fsp3) is 0.581. The lowest BCUT2D eigenvalue weighted by molar-refractivity contribution is -0.165. The molecule has 4 heteroatoms. The summed E-state index contributed by atoms with van der Waals surface area (Å²) in [6.45, 7) is 19.6. The standard InChI is InChI=1S/C31H47NO3/c1-28(2,3)21-23(22-32)27(33)35-29(4,5)19-20-34-31(8,9)26-17-15-25(16-18-26)30(6,7)24-13-11-10-12-14-24/h10-18,23H,19-22,32H2,1-9H3. The summed E-state index contributed by atoms with van der Waals surface area (Å²) in [5.74, 6) is -0.506. The highest BCUT2D eigenvalue weighted by Crippen LogP contribution is 2.34. The normalized spacial score (nSPS) is 14.0. The average molecular weight is 482 g/mol. The predicted molar refractivity (Wildman–Crippen MR) is 145 cm³/mol. The van der Waals surface area contributed by atoms with Gasteiger partial charge in [0.1, 0.15) is 5.60 Å². The van der Waals surface area contributed by atoms with E-state index in [2.05, 4.69) is 97.0 Å². The Labute approximate surface area is 213 Å². The van der Waals surface area contributed by atoms with E-state index in [1.165, 1.54) is 11.1 Å². The molecule has 0 heterocycles. The van der Waals surface area contributed by atoms with Gasteiger partial charge in [0.25, 0.3) is 0 Å². The van der Waals surface area contributed by atoms with Gasteiger partial charge in [-0.2, -0.15) is 0 Å². The van der Waals surface area contributed by atoms with E-state index >= 15 is 0 Å². The van der Waals surface area contributed by atoms with E-state index in [1.807, 2.05) is 19.9 Å². The van der Waals surface area contributed by atoms with Gasteiger partial charge in [-0.1, -0.05) is 89.2 Å². The van der Waals surface area contributed by atoms with Crippen molar-refractivity contribution in [2.75, 3.05) is 13.2 Å². The number of esters is 1. The molecule has 1 atom stereocenters. The van der Waals surface area contributed by atoms with E-state index in [-0.39, 0.29) is 22.7 Å². The molecular formula is C31H47NO3. The first-order chi connectivity index (χ1) is 16.1. The van der Waals surface area contributed by atoms with Crippen LogP contribution in [0.2, 0.25) is 0 Å². The third-order valence-electron chi connectivity index (χ3n) is 6.82. The zero-order chi connectivity index (χ0) is 26.5. The lowest BCUT2D eigenvalue weighted by Crippen LogP contribution is -2.37. The van der Waals surface area contributed by atoms with Crippen LogP contribution in [-0.4, -0.2) is 24.7 Å². The number of hydrogen-bond donors (Lipinski definition) is 1. The highest BCUT2D eigenvalue weighted by atomic mass is 16.6. The highest BCUT2D eigenvalue weighted by molar-refractivity contribution is 5.73. The Morgan fingerprint density at radius 3 is 1.83 bits per heavy atom. The summed E-state index contributed by atoms with van der Waals surface area (Å²) >= 11 is 0. The number of carbonyl (C=O) groups is 1. The average Bonchev–Trinajstić information content (AvgIpc) is 2.76. The number of carbonyl (C=O) groups excluding carboxylic acids is 1. The van der Waals surface area contributed by atoms with Crippen molar-refractivity contribution in [1.29, 1.82) is 0 Å². The topological polar surface area (TPSA) is 61.6 Å². The van der Waals surface area contributed by atoms with Crippen molar-refractivity contribution < 1.29 is 14.3 Å². The van der Waals surface area contributed by atoms with E-state index < -0.39 is 11.2 Å². The summed E-state index contributed by atoms with van der Waals surface area (Å²) in [6.07, 6.45) is 1.31. The van der Waals surface area contributed by atoms with Gasteiger partial charge >= 0.3 is 5.97 Å². The molecule has 0 amide bonds. The first-order valence-electron chi connectivity index (χ1n) is 12.8. The minimum absolute atomic E-state index is 0.0200. The summed E-state index contributed by atoms with van der Waals surface area (Å²) in [7, 11) is 0. The molecule has 0 spiro atoms. The summed E-state index contributed by atoms with van der Waals surface area (Å²) in [5, 5.41) is 0. The number of nitrogens with two attached hydrogens (primary N) is 1. The van der Waals surface area contributed by atoms with Crippen LogP contribution in [0.5, 0.6) is 0 Å². The molecule has 2 aromatic rings. The van der Waals surface area contributed by atoms with Crippen LogP contribution in [0.25, 0.3) is 0 Å². The van der Waals surface area contributed by atoms with Gasteiger partial charge in [-0.05, 0) is 56.2 Å². The molecule has 35 heavy (non-hydrogen) atoms. The third kappa shape index (κ3) is 8.47. The first-order valence-corrected chi connectivity index (χ1v) is 12.8. The minimum atomic E-state index is -0.623. The van der Waals surface area contributed by atoms with Crippen LogP contribution >= 0.6 is 0 Å². The van der Waals surface area contributed by atoms with Gasteiger partial charge in [-0.15, -0.1) is 0 Å². The molecule has 2 aromatic carbocycles. The SMILES string of the molecule is CC(C)(C)CC(CN)C(=O)OC(C)(C)CCOC(C)(C)c1ccc(C(C)(C)c2ccccc2)cc1. The maximum absolute atomic E-state index is 12.7. The molecule has 0 saturated carbocycles. The third-order valence-corrected chi connectivity index (χ3v) is 6.82. The molecule has 0 aliphatic rings. The molecule has 0 radical (unpaired) electrons. The summed E-state index contributed by atoms with van der Waals surface area (Å²) < 4.78 is 12.1. The second-order valence-corrected chi connectivity index (χ2v) is 12.6. The lowest BCUT2D eigenvalue weighted by atomic mass is 9.77. The molecule has 4 nitrogen and oxygen atoms in total. The molecule has 2 rings (SSSR count). The van der Waals surface area contributed by atoms with Crippen molar-refractivity contribution in [1.82, 2.24) is 0 Å². The van der Waals surface area contributed by atoms with Crippen molar-refractivity contribution in [2.45, 2.75) is 91.8 Å². The van der Waals surface area contributed by atoms with Crippen molar-refractivity contribution in [3.8, 4) is 0 Å². The molecular weight excluding hydrogens is 434 g/mol. The van der Waals surface area contributed by atoms with E-state index in [1.54, 1.807) is 0 Å². The van der Waals surface area contributed by atoms with Crippen LogP contribution < -0.4 is 5.73 Å². The molecule has 0 aromatic heterocycles. The predicted octanol–water partition coefficient (Wildman–Crippen LogP) is 6.99. The quantitative estimate of drug-likeness (QED) is 0.351. The van der Waals surface area contributed by atoms with Gasteiger partial charge in [-0.25, -0.2) is 0 Å². The van der Waals surface area contributed by atoms with Crippen molar-refractivity contribution in [3.63, 3.8) is 0 Å². The van der Waals surface area contributed by atoms with Gasteiger partial charge in [0, 0.05) is 18.4 Å². The maximum Gasteiger partial charge on any atom is 0.310 e. The van der Waals surface area contributed by atoms with Crippen LogP contribution in [0, 0.1) is 11.3 Å². The van der Waals surface area contributed by atoms with Gasteiger partial charge in [0.05, 0.1) is 18.1 Å². The van der Waals surface area contributed by atoms with E-state index in [4.69, 9.17) is 15.2 Å². The summed E-state index contributed by atoms with van der Waals surface area (Å²) in [4.78, 5) is 12.7. The van der Waals surface area contributed by atoms with Gasteiger partial charge in [0.15, 0.2) is 0 Å². The molecule has 194 valence electrons. The first kappa shape index (κ1) is 29.1. The largest absolute Gasteiger partial charge is 0.459 e. The fourth-order valence-corrected chi connectivity index (χ4v) is 4.35. The number of rotatable bonds is 11. The maximum atomic E-state index is 12.7. The Hall–Kier alpha value is -2.17. The van der Waals surface area contributed by atoms with Crippen LogP contribution in [0.4, 0.5) is 0 Å². The zero-order valence-corrected chi connectivity index (χ0v) is 23.4. The van der Waals surface area contributed by atoms with Crippen molar-refractivity contribution in [3.05, 3.63) is 71.3 Å². The number of benzene rings is 2. The Kier molecular flexibility index (Phi) is 9.35. The second-order valence-electron chi connectivity index (χ2n) is 12.6. The Morgan fingerprint density at radius 2 is 1.31 bits per heavy atom. The smallest absolute Gasteiger partial charge is 0.310 e. The monoisotopic (exact) mass is 481 g/mol. The van der Waals surface area contributed by atoms with E-state index in [9.17, 15) is 4.79 Å². The molecule has 0 aliphatic heterocycles. The molecule has 0 saturated heterocycles. The molecule has 0 aliphatic carbocycles. The molecule has 0 fully saturated rings. The minimum Gasteiger partial charge on any atom is -0.459 e. The second kappa shape index (κ2) is 11.3. The van der Waals surface area contributed by atoms with Crippen LogP contribution in [0.3, 0.4) is 0 Å². The van der Waals surface area contributed by atoms with E-state index in [0.29, 0.717) is 26.0 Å². The molecule has 2 N–H and O–H groups in total. The number of ether oxygens (including phenoxy) is 2. The zero-order valence-electron chi connectivity index (χ0n) is 23.4. The van der Waals surface area contributed by atoms with Gasteiger partial charge in [-0.3, -0.25) is 4.79 Å². The summed E-state index contributed by atoms with van der Waals surface area (Å²) in [5.41, 5.74) is 8.40. The van der Waals surface area contributed by atoms with Crippen molar-refractivity contribution >= 4 is 5.97 Å². The molecule has 0 bridgehead atoms. The summed E-state index contributed by atoms with van der Waals surface area (Å²) in [6, 6.07) is 19.3. The number of hydrogen-bond acceptors (Lipinski definition) is 4. The van der Waals surface area contributed by atoms with Gasteiger partial charge < -0.3 is 15.2 Å². The fourth-order valence-electron chi connectivity index (χ4n) is 4.35. The Balaban J connectivity index is 1.98. The van der Waals surface area contributed by atoms with Crippen LogP contribution in [-0.2, 0) is 25.3 Å². The van der Waals surface area contributed by atoms with Crippen molar-refractivity contribution in [2.24, 2.45) is 17.1 Å². The molecule has 1 unspecified atom stereocenters. The highest BCUT2D eigenvalue weighted by Gasteiger charge is 2.31. The van der Waals surface area contributed by atoms with Crippen LogP contribution in [0.15, 0.2) is 54.6 Å². The Bertz CT molecular complexity index is 937. The van der Waals surface area contributed by atoms with E-state index in [0.717, 1.165) is 5.56 Å². The van der Waals surface area contributed by atoms with Gasteiger partial charge in [0.2, 0.25) is 0 Å². The van der Waals surface area contributed by atoms with Crippen LogP contribution in [0.1, 0.15) is 91.8 Å². The Morgan fingerprint density at radius 1 is 0.800 bits per heavy atom. The lowest BCUT2D eigenvalue weighted by Gasteiger charge is -2.32.